The fourth-order valence-corrected chi connectivity index (χ4v) is 3.36. The first kappa shape index (κ1) is 22.4. The molecule has 0 saturated carbocycles. The first-order valence-electron chi connectivity index (χ1n) is 10.3. The maximum Gasteiger partial charge on any atom is 0.252 e. The van der Waals surface area contributed by atoms with Crippen LogP contribution in [-0.4, -0.2) is 54.9 Å². The fraction of sp³-hybridized carbons (Fsp3) is 0.318. The van der Waals surface area contributed by atoms with E-state index in [4.69, 9.17) is 9.47 Å². The lowest BCUT2D eigenvalue weighted by atomic mass is 10.3. The van der Waals surface area contributed by atoms with Crippen molar-refractivity contribution in [2.24, 2.45) is 0 Å². The molecule has 33 heavy (non-hydrogen) atoms. The number of aromatic nitrogens is 6. The Morgan fingerprint density at radius 2 is 1.39 bits per heavy atom. The second-order valence-corrected chi connectivity index (χ2v) is 7.34. The maximum absolute atomic E-state index is 11.9. The smallest absolute Gasteiger partial charge is 0.252 e. The van der Waals surface area contributed by atoms with Gasteiger partial charge >= 0.3 is 0 Å². The Morgan fingerprint density at radius 1 is 0.879 bits per heavy atom. The van der Waals surface area contributed by atoms with E-state index in [1.54, 1.807) is 36.0 Å². The van der Waals surface area contributed by atoms with Gasteiger partial charge < -0.3 is 14.3 Å². The van der Waals surface area contributed by atoms with Crippen molar-refractivity contribution in [2.45, 2.75) is 33.2 Å². The van der Waals surface area contributed by atoms with Crippen LogP contribution in [0.25, 0.3) is 22.3 Å². The van der Waals surface area contributed by atoms with E-state index in [-0.39, 0.29) is 24.0 Å². The summed E-state index contributed by atoms with van der Waals surface area (Å²) in [6.07, 6.45) is 3.60. The van der Waals surface area contributed by atoms with Crippen molar-refractivity contribution in [3.05, 3.63) is 68.8 Å². The van der Waals surface area contributed by atoms with Crippen LogP contribution in [0.4, 0.5) is 0 Å². The zero-order valence-electron chi connectivity index (χ0n) is 18.2. The normalized spacial score (nSPS) is 13.8. The second-order valence-electron chi connectivity index (χ2n) is 7.34. The molecule has 0 radical (unpaired) electrons. The molecule has 11 heteroatoms. The number of aldehydes is 1. The Labute approximate surface area is 187 Å². The first-order chi connectivity index (χ1) is 16.0. The third kappa shape index (κ3) is 4.99. The van der Waals surface area contributed by atoms with Crippen LogP contribution in [0.3, 0.4) is 0 Å². The lowest BCUT2D eigenvalue weighted by Gasteiger charge is -2.13. The first-order valence-corrected chi connectivity index (χ1v) is 10.3. The molecule has 0 N–H and O–H groups in total. The van der Waals surface area contributed by atoms with Gasteiger partial charge in [0.05, 0.1) is 37.7 Å². The van der Waals surface area contributed by atoms with Gasteiger partial charge in [0.1, 0.15) is 17.3 Å². The highest BCUT2D eigenvalue weighted by Crippen LogP contribution is 2.11. The molecule has 4 aromatic heterocycles. The average Bonchev–Trinajstić information content (AvgIpc) is 3.32. The third-order valence-electron chi connectivity index (χ3n) is 4.89. The molecule has 1 fully saturated rings. The standard InChI is InChI=1S/C12H13N3O3.C10H9N3O2/c1-8-6-13-9-2-3-10(16)15(12(9)14-8)7-11-17-4-5-18-11;1-7-6-11-8-2-3-9(15)13(4-5-14)10(8)12-7/h2-3,6,11H,4-5,7H2,1H3;2-3,5-6H,4H2,1H3. The van der Waals surface area contributed by atoms with Crippen molar-refractivity contribution in [3.8, 4) is 0 Å². The van der Waals surface area contributed by atoms with E-state index >= 15 is 0 Å². The molecule has 0 aliphatic carbocycles. The number of carbonyl (C=O) groups is 1. The largest absolute Gasteiger partial charge is 0.348 e. The van der Waals surface area contributed by atoms with Crippen LogP contribution in [-0.2, 0) is 27.4 Å². The predicted molar refractivity (Wildman–Crippen MR) is 119 cm³/mol. The van der Waals surface area contributed by atoms with Crippen LogP contribution >= 0.6 is 0 Å². The number of rotatable bonds is 4. The molecule has 0 spiro atoms. The Balaban J connectivity index is 0.000000160. The molecule has 1 aliphatic rings. The van der Waals surface area contributed by atoms with Crippen molar-refractivity contribution in [2.75, 3.05) is 13.2 Å². The molecule has 5 heterocycles. The molecule has 0 unspecified atom stereocenters. The van der Waals surface area contributed by atoms with Gasteiger partial charge in [-0.25, -0.2) is 9.97 Å². The number of hydrogen-bond donors (Lipinski definition) is 0. The van der Waals surface area contributed by atoms with E-state index < -0.39 is 0 Å². The number of pyridine rings is 2. The summed E-state index contributed by atoms with van der Waals surface area (Å²) in [5.41, 5.74) is 3.45. The number of ether oxygens (including phenoxy) is 2. The molecule has 0 aromatic carbocycles. The van der Waals surface area contributed by atoms with E-state index in [9.17, 15) is 14.4 Å². The molecular weight excluding hydrogens is 428 g/mol. The van der Waals surface area contributed by atoms with Gasteiger partial charge in [0.25, 0.3) is 11.1 Å². The predicted octanol–water partition coefficient (Wildman–Crippen LogP) is 0.772. The summed E-state index contributed by atoms with van der Waals surface area (Å²) in [4.78, 5) is 50.8. The van der Waals surface area contributed by atoms with Crippen LogP contribution in [0.1, 0.15) is 11.4 Å². The Hall–Kier alpha value is -3.83. The molecule has 0 bridgehead atoms. The minimum atomic E-state index is -0.379. The van der Waals surface area contributed by atoms with E-state index in [2.05, 4.69) is 19.9 Å². The summed E-state index contributed by atoms with van der Waals surface area (Å²) in [6, 6.07) is 6.15. The molecule has 170 valence electrons. The quantitative estimate of drug-likeness (QED) is 0.414. The highest BCUT2D eigenvalue weighted by molar-refractivity contribution is 5.71. The molecular formula is C22H22N6O5. The molecule has 11 nitrogen and oxygen atoms in total. The van der Waals surface area contributed by atoms with E-state index in [0.29, 0.717) is 54.1 Å². The fourth-order valence-electron chi connectivity index (χ4n) is 3.36. The summed E-state index contributed by atoms with van der Waals surface area (Å²) in [7, 11) is 0. The van der Waals surface area contributed by atoms with E-state index in [1.165, 1.54) is 16.7 Å². The number of carbonyl (C=O) groups excluding carboxylic acids is 1. The number of hydrogen-bond acceptors (Lipinski definition) is 9. The molecule has 5 rings (SSSR count). The monoisotopic (exact) mass is 450 g/mol. The second kappa shape index (κ2) is 9.76. The Kier molecular flexibility index (Phi) is 6.61. The highest BCUT2D eigenvalue weighted by Gasteiger charge is 2.18. The van der Waals surface area contributed by atoms with Gasteiger partial charge in [0, 0.05) is 24.5 Å². The highest BCUT2D eigenvalue weighted by atomic mass is 16.7. The number of aryl methyl sites for hydroxylation is 2. The summed E-state index contributed by atoms with van der Waals surface area (Å²) in [6.45, 7) is 5.11. The molecule has 1 aliphatic heterocycles. The lowest BCUT2D eigenvalue weighted by molar-refractivity contribution is -0.108. The zero-order valence-corrected chi connectivity index (χ0v) is 18.2. The van der Waals surface area contributed by atoms with Crippen LogP contribution < -0.4 is 11.1 Å². The van der Waals surface area contributed by atoms with Crippen LogP contribution in [0, 0.1) is 13.8 Å². The summed E-state index contributed by atoms with van der Waals surface area (Å²) < 4.78 is 13.6. The van der Waals surface area contributed by atoms with Crippen LogP contribution in [0.15, 0.2) is 46.2 Å². The Morgan fingerprint density at radius 3 is 1.94 bits per heavy atom. The summed E-state index contributed by atoms with van der Waals surface area (Å²) >= 11 is 0. The van der Waals surface area contributed by atoms with Gasteiger partial charge in [-0.15, -0.1) is 0 Å². The SMILES string of the molecule is Cc1cnc2ccc(=O)n(CC3OCCO3)c2n1.Cc1cnc2ccc(=O)n(CC=O)c2n1. The van der Waals surface area contributed by atoms with Crippen LogP contribution in [0.2, 0.25) is 0 Å². The Bertz CT molecular complexity index is 1420. The van der Waals surface area contributed by atoms with Crippen molar-refractivity contribution < 1.29 is 14.3 Å². The average molecular weight is 450 g/mol. The van der Waals surface area contributed by atoms with Gasteiger partial charge in [0.2, 0.25) is 0 Å². The maximum atomic E-state index is 11.9. The van der Waals surface area contributed by atoms with Gasteiger partial charge in [-0.05, 0) is 26.0 Å². The number of nitrogens with zero attached hydrogens (tertiary/aromatic N) is 6. The minimum Gasteiger partial charge on any atom is -0.348 e. The van der Waals surface area contributed by atoms with Crippen molar-refractivity contribution in [1.29, 1.82) is 0 Å². The molecule has 0 atom stereocenters. The lowest BCUT2D eigenvalue weighted by Crippen LogP contribution is -2.27. The summed E-state index contributed by atoms with van der Waals surface area (Å²) in [5.74, 6) is 0. The van der Waals surface area contributed by atoms with Gasteiger partial charge in [0.15, 0.2) is 17.6 Å². The molecule has 1 saturated heterocycles. The molecule has 4 aromatic rings. The minimum absolute atomic E-state index is 0.00824. The zero-order chi connectivity index (χ0) is 23.4. The topological polar surface area (TPSA) is 131 Å². The van der Waals surface area contributed by atoms with Crippen molar-refractivity contribution in [3.63, 3.8) is 0 Å². The van der Waals surface area contributed by atoms with Crippen molar-refractivity contribution in [1.82, 2.24) is 29.1 Å². The van der Waals surface area contributed by atoms with Gasteiger partial charge in [-0.1, -0.05) is 0 Å². The van der Waals surface area contributed by atoms with E-state index in [0.717, 1.165) is 5.69 Å². The number of fused-ring (bicyclic) bond motifs is 2. The van der Waals surface area contributed by atoms with Crippen molar-refractivity contribution >= 4 is 28.6 Å². The summed E-state index contributed by atoms with van der Waals surface area (Å²) in [5, 5.41) is 0. The van der Waals surface area contributed by atoms with Crippen LogP contribution in [0.5, 0.6) is 0 Å². The van der Waals surface area contributed by atoms with Gasteiger partial charge in [-0.3, -0.25) is 28.7 Å². The van der Waals surface area contributed by atoms with E-state index in [1.807, 2.05) is 6.92 Å². The molecule has 0 amide bonds. The third-order valence-corrected chi connectivity index (χ3v) is 4.89. The van der Waals surface area contributed by atoms with Gasteiger partial charge in [-0.2, -0.15) is 0 Å².